The van der Waals surface area contributed by atoms with Gasteiger partial charge in [0.2, 0.25) is 0 Å². The van der Waals surface area contributed by atoms with Crippen LogP contribution in [0.2, 0.25) is 0 Å². The molecule has 4 nitrogen and oxygen atoms in total. The van der Waals surface area contributed by atoms with E-state index in [1.54, 1.807) is 0 Å². The highest BCUT2D eigenvalue weighted by atomic mass is 15.3. The number of hydrogen-bond acceptors (Lipinski definition) is 3. The van der Waals surface area contributed by atoms with Crippen molar-refractivity contribution in [3.63, 3.8) is 0 Å². The summed E-state index contributed by atoms with van der Waals surface area (Å²) in [5.41, 5.74) is 5.22. The van der Waals surface area contributed by atoms with E-state index < -0.39 is 0 Å². The topological polar surface area (TPSA) is 41.9 Å². The predicted octanol–water partition coefficient (Wildman–Crippen LogP) is 4.19. The lowest BCUT2D eigenvalue weighted by Gasteiger charge is -2.27. The molecule has 0 spiro atoms. The van der Waals surface area contributed by atoms with Gasteiger partial charge in [-0.1, -0.05) is 18.9 Å². The third kappa shape index (κ3) is 3.27. The lowest BCUT2D eigenvalue weighted by Crippen LogP contribution is -2.30. The minimum absolute atomic E-state index is 0.390. The molecule has 0 saturated heterocycles. The first-order valence-electron chi connectivity index (χ1n) is 8.86. The van der Waals surface area contributed by atoms with Crippen molar-refractivity contribution in [3.8, 4) is 0 Å². The number of nitrogens with zero attached hydrogens (tertiary/aromatic N) is 2. The maximum absolute atomic E-state index is 4.40. The van der Waals surface area contributed by atoms with Gasteiger partial charge in [0.25, 0.3) is 0 Å². The van der Waals surface area contributed by atoms with E-state index in [4.69, 9.17) is 0 Å². The summed E-state index contributed by atoms with van der Waals surface area (Å²) < 4.78 is 1.98. The molecule has 0 radical (unpaired) electrons. The molecule has 1 aromatic carbocycles. The van der Waals surface area contributed by atoms with Crippen molar-refractivity contribution >= 4 is 11.4 Å². The highest BCUT2D eigenvalue weighted by molar-refractivity contribution is 5.60. The summed E-state index contributed by atoms with van der Waals surface area (Å²) in [6.07, 6.45) is 9.24. The van der Waals surface area contributed by atoms with Crippen molar-refractivity contribution in [2.24, 2.45) is 5.92 Å². The molecule has 23 heavy (non-hydrogen) atoms. The fraction of sp³-hybridized carbons (Fsp3) is 0.526. The Balaban J connectivity index is 1.54. The van der Waals surface area contributed by atoms with Crippen molar-refractivity contribution < 1.29 is 0 Å². The molecule has 1 fully saturated rings. The summed E-state index contributed by atoms with van der Waals surface area (Å²) in [6, 6.07) is 7.75. The zero-order chi connectivity index (χ0) is 15.8. The van der Waals surface area contributed by atoms with Gasteiger partial charge in [0.15, 0.2) is 0 Å². The van der Waals surface area contributed by atoms with E-state index in [1.165, 1.54) is 30.4 Å². The molecule has 122 valence electrons. The first-order chi connectivity index (χ1) is 11.2. The molecule has 4 heteroatoms. The van der Waals surface area contributed by atoms with Gasteiger partial charge in [-0.15, -0.1) is 0 Å². The second-order valence-corrected chi connectivity index (χ2v) is 7.28. The quantitative estimate of drug-likeness (QED) is 0.870. The van der Waals surface area contributed by atoms with Crippen LogP contribution in [0.25, 0.3) is 0 Å². The molecular weight excluding hydrogens is 284 g/mol. The van der Waals surface area contributed by atoms with Crippen molar-refractivity contribution in [1.82, 2.24) is 15.1 Å². The van der Waals surface area contributed by atoms with E-state index in [0.717, 1.165) is 30.3 Å². The van der Waals surface area contributed by atoms with Crippen LogP contribution in [0.4, 0.5) is 11.4 Å². The number of anilines is 2. The fourth-order valence-electron chi connectivity index (χ4n) is 3.46. The maximum atomic E-state index is 4.40. The van der Waals surface area contributed by atoms with Gasteiger partial charge >= 0.3 is 0 Å². The molecule has 2 aromatic rings. The number of hydrogen-bond donors (Lipinski definition) is 2. The van der Waals surface area contributed by atoms with E-state index in [0.29, 0.717) is 12.1 Å². The molecule has 0 bridgehead atoms. The van der Waals surface area contributed by atoms with Crippen LogP contribution in [0.3, 0.4) is 0 Å². The van der Waals surface area contributed by atoms with Gasteiger partial charge < -0.3 is 10.6 Å². The average molecular weight is 310 g/mol. The molecule has 0 amide bonds. The summed E-state index contributed by atoms with van der Waals surface area (Å²) in [5, 5.41) is 11.6. The Bertz CT molecular complexity index is 684. The summed E-state index contributed by atoms with van der Waals surface area (Å²) in [5.74, 6) is 0.944. The van der Waals surface area contributed by atoms with Crippen LogP contribution >= 0.6 is 0 Å². The highest BCUT2D eigenvalue weighted by Crippen LogP contribution is 2.40. The zero-order valence-electron chi connectivity index (χ0n) is 14.0. The third-order valence-corrected chi connectivity index (χ3v) is 4.99. The summed E-state index contributed by atoms with van der Waals surface area (Å²) in [7, 11) is 0. The Morgan fingerprint density at radius 3 is 2.91 bits per heavy atom. The third-order valence-electron chi connectivity index (χ3n) is 4.99. The lowest BCUT2D eigenvalue weighted by atomic mass is 9.91. The molecule has 2 N–H and O–H groups in total. The van der Waals surface area contributed by atoms with Crippen molar-refractivity contribution in [2.75, 3.05) is 11.9 Å². The molecular formula is C19H26N4. The minimum atomic E-state index is 0.390. The van der Waals surface area contributed by atoms with Gasteiger partial charge in [-0.2, -0.15) is 5.10 Å². The molecule has 1 unspecified atom stereocenters. The molecule has 1 atom stereocenters. The lowest BCUT2D eigenvalue weighted by molar-refractivity contribution is 0.453. The monoisotopic (exact) mass is 310 g/mol. The number of aromatic nitrogens is 2. The van der Waals surface area contributed by atoms with Crippen LogP contribution in [0.1, 0.15) is 56.3 Å². The van der Waals surface area contributed by atoms with E-state index in [9.17, 15) is 0 Å². The summed E-state index contributed by atoms with van der Waals surface area (Å²) in [4.78, 5) is 0. The zero-order valence-corrected chi connectivity index (χ0v) is 14.0. The van der Waals surface area contributed by atoms with Gasteiger partial charge in [-0.3, -0.25) is 4.68 Å². The summed E-state index contributed by atoms with van der Waals surface area (Å²) in [6.45, 7) is 5.39. The van der Waals surface area contributed by atoms with E-state index in [1.807, 2.05) is 10.9 Å². The Hall–Kier alpha value is -1.81. The largest absolute Gasteiger partial charge is 0.353 e. The second kappa shape index (κ2) is 6.00. The Morgan fingerprint density at radius 2 is 2.17 bits per heavy atom. The number of benzene rings is 1. The van der Waals surface area contributed by atoms with Crippen LogP contribution in [0.15, 0.2) is 30.6 Å². The molecule has 2 heterocycles. The van der Waals surface area contributed by atoms with Crippen molar-refractivity contribution in [3.05, 3.63) is 41.7 Å². The van der Waals surface area contributed by atoms with Crippen LogP contribution in [-0.4, -0.2) is 16.3 Å². The predicted molar refractivity (Wildman–Crippen MR) is 94.1 cm³/mol. The van der Waals surface area contributed by atoms with Crippen molar-refractivity contribution in [1.29, 1.82) is 0 Å². The van der Waals surface area contributed by atoms with Crippen molar-refractivity contribution in [2.45, 2.75) is 51.6 Å². The van der Waals surface area contributed by atoms with Crippen LogP contribution in [-0.2, 0) is 6.42 Å². The normalized spacial score (nSPS) is 20.6. The second-order valence-electron chi connectivity index (χ2n) is 7.28. The smallest absolute Gasteiger partial charge is 0.0770 e. The minimum Gasteiger partial charge on any atom is -0.353 e. The van der Waals surface area contributed by atoms with Crippen LogP contribution in [0, 0.1) is 5.92 Å². The Kier molecular flexibility index (Phi) is 3.85. The first kappa shape index (κ1) is 14.8. The average Bonchev–Trinajstić information content (AvgIpc) is 3.23. The van der Waals surface area contributed by atoms with E-state index in [2.05, 4.69) is 54.0 Å². The summed E-state index contributed by atoms with van der Waals surface area (Å²) >= 11 is 0. The molecule has 1 aromatic heterocycles. The highest BCUT2D eigenvalue weighted by Gasteiger charge is 2.28. The van der Waals surface area contributed by atoms with Gasteiger partial charge in [-0.25, -0.2) is 0 Å². The molecule has 1 saturated carbocycles. The first-order valence-corrected chi connectivity index (χ1v) is 8.86. The molecule has 1 aliphatic carbocycles. The number of rotatable bonds is 5. The molecule has 1 aliphatic heterocycles. The van der Waals surface area contributed by atoms with E-state index in [-0.39, 0.29) is 0 Å². The number of fused-ring (bicyclic) bond motifs is 1. The van der Waals surface area contributed by atoms with Crippen LogP contribution in [0.5, 0.6) is 0 Å². The van der Waals surface area contributed by atoms with E-state index >= 15 is 0 Å². The molecule has 4 rings (SSSR count). The maximum Gasteiger partial charge on any atom is 0.0770 e. The Labute approximate surface area is 138 Å². The van der Waals surface area contributed by atoms with Crippen LogP contribution < -0.4 is 10.6 Å². The van der Waals surface area contributed by atoms with Gasteiger partial charge in [0, 0.05) is 24.0 Å². The van der Waals surface area contributed by atoms with Gasteiger partial charge in [0.1, 0.15) is 0 Å². The number of nitrogens with one attached hydrogen (secondary N) is 2. The SMILES string of the molecule is CC(C)n1cc(Nc2ccc3c(c2)C(CC2CC2)NCC3)cn1. The fourth-order valence-corrected chi connectivity index (χ4v) is 3.46. The van der Waals surface area contributed by atoms with Gasteiger partial charge in [0.05, 0.1) is 11.9 Å². The standard InChI is InChI=1S/C19H26N4/c1-13(2)23-12-17(11-21-23)22-16-6-5-15-7-8-20-19(18(15)10-16)9-14-3-4-14/h5-6,10-14,19-20,22H,3-4,7-9H2,1-2H3. The molecule has 2 aliphatic rings. The van der Waals surface area contributed by atoms with Gasteiger partial charge in [-0.05, 0) is 62.4 Å². The Morgan fingerprint density at radius 1 is 1.30 bits per heavy atom.